The summed E-state index contributed by atoms with van der Waals surface area (Å²) < 4.78 is 0. The fourth-order valence-corrected chi connectivity index (χ4v) is 2.71. The molecule has 2 aromatic carbocycles. The highest BCUT2D eigenvalue weighted by Gasteiger charge is 2.29. The molecule has 0 heterocycles. The van der Waals surface area contributed by atoms with Crippen LogP contribution in [0.1, 0.15) is 28.8 Å². The van der Waals surface area contributed by atoms with E-state index in [1.54, 1.807) is 24.3 Å². The quantitative estimate of drug-likeness (QED) is 0.534. The summed E-state index contributed by atoms with van der Waals surface area (Å²) in [5.41, 5.74) is 3.64. The third kappa shape index (κ3) is 4.53. The average molecular weight is 392 g/mol. The van der Waals surface area contributed by atoms with Gasteiger partial charge >= 0.3 is 0 Å². The number of carbonyl (C=O) groups is 2. The largest absolute Gasteiger partial charge is 0.506 e. The second-order valence-electron chi connectivity index (χ2n) is 5.87. The van der Waals surface area contributed by atoms with Gasteiger partial charge in [-0.25, -0.2) is 5.43 Å². The second kappa shape index (κ2) is 7.76. The van der Waals surface area contributed by atoms with Crippen molar-refractivity contribution in [3.05, 3.63) is 57.6 Å². The van der Waals surface area contributed by atoms with Crippen molar-refractivity contribution >= 4 is 46.9 Å². The standard InChI is InChI=1S/C18H15Cl2N3O3/c19-13-7-12(16(24)15(20)8-13)9-21-23-18(26)11-3-5-14(6-4-11)22-17(25)10-1-2-10/h3-10,24H,1-2H2,(H,22,25)(H,23,26)/b21-9+. The summed E-state index contributed by atoms with van der Waals surface area (Å²) in [5.74, 6) is -0.491. The van der Waals surface area contributed by atoms with Crippen LogP contribution in [0.25, 0.3) is 0 Å². The number of amides is 2. The number of phenols is 1. The molecule has 0 spiro atoms. The normalized spacial score (nSPS) is 13.6. The Labute approximate surface area is 159 Å². The number of halogens is 2. The number of phenolic OH excluding ortho intramolecular Hbond substituents is 1. The zero-order chi connectivity index (χ0) is 18.7. The van der Waals surface area contributed by atoms with Gasteiger partial charge in [0.25, 0.3) is 5.91 Å². The molecule has 3 N–H and O–H groups in total. The molecular formula is C18H15Cl2N3O3. The number of hydrazone groups is 1. The fourth-order valence-electron chi connectivity index (χ4n) is 2.20. The molecule has 0 aliphatic heterocycles. The van der Waals surface area contributed by atoms with Gasteiger partial charge in [0.05, 0.1) is 11.2 Å². The minimum atomic E-state index is -0.436. The van der Waals surface area contributed by atoms with Crippen LogP contribution < -0.4 is 10.7 Å². The Morgan fingerprint density at radius 1 is 1.15 bits per heavy atom. The lowest BCUT2D eigenvalue weighted by atomic mass is 10.2. The number of nitrogens with one attached hydrogen (secondary N) is 2. The Hall–Kier alpha value is -2.57. The van der Waals surface area contributed by atoms with Gasteiger partial charge in [0.2, 0.25) is 5.91 Å². The summed E-state index contributed by atoms with van der Waals surface area (Å²) >= 11 is 11.7. The Balaban J connectivity index is 1.60. The van der Waals surface area contributed by atoms with Crippen LogP contribution in [0.5, 0.6) is 5.75 Å². The van der Waals surface area contributed by atoms with Gasteiger partial charge in [0, 0.05) is 27.8 Å². The van der Waals surface area contributed by atoms with E-state index < -0.39 is 5.91 Å². The highest BCUT2D eigenvalue weighted by Crippen LogP contribution is 2.30. The lowest BCUT2D eigenvalue weighted by Crippen LogP contribution is -2.18. The molecule has 6 nitrogen and oxygen atoms in total. The highest BCUT2D eigenvalue weighted by molar-refractivity contribution is 6.36. The van der Waals surface area contributed by atoms with Crippen molar-refractivity contribution in [2.75, 3.05) is 5.32 Å². The van der Waals surface area contributed by atoms with Crippen LogP contribution in [0, 0.1) is 5.92 Å². The number of hydrogen-bond donors (Lipinski definition) is 3. The van der Waals surface area contributed by atoms with E-state index in [-0.39, 0.29) is 28.2 Å². The van der Waals surface area contributed by atoms with Crippen LogP contribution >= 0.6 is 23.2 Å². The van der Waals surface area contributed by atoms with Gasteiger partial charge in [-0.3, -0.25) is 9.59 Å². The molecule has 0 unspecified atom stereocenters. The number of benzene rings is 2. The molecule has 2 aromatic rings. The molecule has 0 bridgehead atoms. The number of anilines is 1. The smallest absolute Gasteiger partial charge is 0.271 e. The van der Waals surface area contributed by atoms with Crippen molar-refractivity contribution in [2.45, 2.75) is 12.8 Å². The van der Waals surface area contributed by atoms with Crippen molar-refractivity contribution in [3.63, 3.8) is 0 Å². The Bertz CT molecular complexity index is 878. The van der Waals surface area contributed by atoms with E-state index in [0.717, 1.165) is 12.8 Å². The van der Waals surface area contributed by atoms with Crippen LogP contribution in [0.3, 0.4) is 0 Å². The first-order valence-electron chi connectivity index (χ1n) is 7.86. The highest BCUT2D eigenvalue weighted by atomic mass is 35.5. The van der Waals surface area contributed by atoms with Gasteiger partial charge in [0.15, 0.2) is 0 Å². The van der Waals surface area contributed by atoms with E-state index >= 15 is 0 Å². The predicted molar refractivity (Wildman–Crippen MR) is 101 cm³/mol. The van der Waals surface area contributed by atoms with E-state index in [4.69, 9.17) is 23.2 Å². The fraction of sp³-hybridized carbons (Fsp3) is 0.167. The van der Waals surface area contributed by atoms with E-state index in [1.165, 1.54) is 18.3 Å². The minimum Gasteiger partial charge on any atom is -0.506 e. The number of carbonyl (C=O) groups excluding carboxylic acids is 2. The molecule has 134 valence electrons. The topological polar surface area (TPSA) is 90.8 Å². The molecule has 3 rings (SSSR count). The van der Waals surface area contributed by atoms with Crippen LogP contribution in [0.2, 0.25) is 10.0 Å². The van der Waals surface area contributed by atoms with E-state index in [1.807, 2.05) is 0 Å². The van der Waals surface area contributed by atoms with Gasteiger partial charge < -0.3 is 10.4 Å². The van der Waals surface area contributed by atoms with Crippen molar-refractivity contribution in [1.82, 2.24) is 5.43 Å². The van der Waals surface area contributed by atoms with Crippen LogP contribution in [0.4, 0.5) is 5.69 Å². The molecule has 0 aromatic heterocycles. The molecule has 8 heteroatoms. The molecule has 1 aliphatic carbocycles. The van der Waals surface area contributed by atoms with Crippen molar-refractivity contribution in [3.8, 4) is 5.75 Å². The molecule has 0 atom stereocenters. The average Bonchev–Trinajstić information content (AvgIpc) is 3.44. The number of aromatic hydroxyl groups is 1. The van der Waals surface area contributed by atoms with Crippen molar-refractivity contribution < 1.29 is 14.7 Å². The first-order chi connectivity index (χ1) is 12.4. The molecule has 2 amide bonds. The molecular weight excluding hydrogens is 377 g/mol. The molecule has 26 heavy (non-hydrogen) atoms. The van der Waals surface area contributed by atoms with Gasteiger partial charge in [-0.05, 0) is 49.2 Å². The molecule has 0 saturated heterocycles. The summed E-state index contributed by atoms with van der Waals surface area (Å²) in [6, 6.07) is 9.35. The maximum atomic E-state index is 12.1. The minimum absolute atomic E-state index is 0.00629. The van der Waals surface area contributed by atoms with E-state index in [9.17, 15) is 14.7 Å². The van der Waals surface area contributed by atoms with E-state index in [2.05, 4.69) is 15.8 Å². The number of nitrogens with zero attached hydrogens (tertiary/aromatic N) is 1. The maximum Gasteiger partial charge on any atom is 0.271 e. The SMILES string of the molecule is O=C(N/N=C/c1cc(Cl)cc(Cl)c1O)c1ccc(NC(=O)C2CC2)cc1. The summed E-state index contributed by atoms with van der Waals surface area (Å²) in [6.07, 6.45) is 3.10. The van der Waals surface area contributed by atoms with Crippen LogP contribution in [0.15, 0.2) is 41.5 Å². The van der Waals surface area contributed by atoms with Gasteiger partial charge in [-0.15, -0.1) is 0 Å². The molecule has 1 aliphatic rings. The lowest BCUT2D eigenvalue weighted by Gasteiger charge is -2.05. The van der Waals surface area contributed by atoms with Crippen molar-refractivity contribution in [2.24, 2.45) is 11.0 Å². The summed E-state index contributed by atoms with van der Waals surface area (Å²) in [4.78, 5) is 23.8. The Morgan fingerprint density at radius 3 is 2.50 bits per heavy atom. The van der Waals surface area contributed by atoms with Crippen LogP contribution in [-0.4, -0.2) is 23.1 Å². The summed E-state index contributed by atoms with van der Waals surface area (Å²) in [7, 11) is 0. The van der Waals surface area contributed by atoms with Gasteiger partial charge in [-0.1, -0.05) is 23.2 Å². The van der Waals surface area contributed by atoms with Crippen molar-refractivity contribution in [1.29, 1.82) is 0 Å². The molecule has 0 radical (unpaired) electrons. The zero-order valence-corrected chi connectivity index (χ0v) is 15.0. The first-order valence-corrected chi connectivity index (χ1v) is 8.62. The monoisotopic (exact) mass is 391 g/mol. The zero-order valence-electron chi connectivity index (χ0n) is 13.5. The lowest BCUT2D eigenvalue weighted by molar-refractivity contribution is -0.117. The first kappa shape index (κ1) is 18.2. The summed E-state index contributed by atoms with van der Waals surface area (Å²) in [5, 5.41) is 16.8. The van der Waals surface area contributed by atoms with Gasteiger partial charge in [-0.2, -0.15) is 5.10 Å². The molecule has 1 fully saturated rings. The predicted octanol–water partition coefficient (Wildman–Crippen LogP) is 3.81. The molecule has 1 saturated carbocycles. The number of hydrogen-bond acceptors (Lipinski definition) is 4. The van der Waals surface area contributed by atoms with Gasteiger partial charge in [0.1, 0.15) is 5.75 Å². The van der Waals surface area contributed by atoms with Crippen LogP contribution in [-0.2, 0) is 4.79 Å². The summed E-state index contributed by atoms with van der Waals surface area (Å²) in [6.45, 7) is 0. The maximum absolute atomic E-state index is 12.1. The Kier molecular flexibility index (Phi) is 5.44. The third-order valence-corrected chi connectivity index (χ3v) is 4.30. The second-order valence-corrected chi connectivity index (χ2v) is 6.71. The number of rotatable bonds is 5. The van der Waals surface area contributed by atoms with E-state index in [0.29, 0.717) is 16.3 Å². The third-order valence-electron chi connectivity index (χ3n) is 3.79. The Morgan fingerprint density at radius 2 is 1.85 bits per heavy atom.